The van der Waals surface area contributed by atoms with Crippen molar-refractivity contribution >= 4 is 23.3 Å². The van der Waals surface area contributed by atoms with Crippen molar-refractivity contribution in [1.82, 2.24) is 4.90 Å². The lowest BCUT2D eigenvalue weighted by molar-refractivity contribution is -0.126. The Bertz CT molecular complexity index is 707. The van der Waals surface area contributed by atoms with Gasteiger partial charge in [0.15, 0.2) is 0 Å². The van der Waals surface area contributed by atoms with Crippen LogP contribution in [0.4, 0.5) is 0 Å². The van der Waals surface area contributed by atoms with Crippen LogP contribution in [0, 0.1) is 0 Å². The lowest BCUT2D eigenvalue weighted by Crippen LogP contribution is -2.28. The highest BCUT2D eigenvalue weighted by Gasteiger charge is 2.11. The molecule has 0 aliphatic rings. The fourth-order valence-corrected chi connectivity index (χ4v) is 2.92. The number of thiophene rings is 1. The second-order valence-corrected chi connectivity index (χ2v) is 6.06. The highest BCUT2D eigenvalue weighted by atomic mass is 32.1. The Hall–Kier alpha value is -2.53. The van der Waals surface area contributed by atoms with Gasteiger partial charge in [-0.25, -0.2) is 0 Å². The van der Waals surface area contributed by atoms with Gasteiger partial charge in [-0.3, -0.25) is 4.79 Å². The van der Waals surface area contributed by atoms with Gasteiger partial charge in [0.1, 0.15) is 11.5 Å². The third-order valence-corrected chi connectivity index (χ3v) is 4.30. The Morgan fingerprint density at radius 3 is 2.75 bits per heavy atom. The van der Waals surface area contributed by atoms with E-state index >= 15 is 0 Å². The van der Waals surface area contributed by atoms with Crippen molar-refractivity contribution < 1.29 is 14.3 Å². The number of benzene rings is 1. The summed E-state index contributed by atoms with van der Waals surface area (Å²) in [5.74, 6) is 1.30. The van der Waals surface area contributed by atoms with Gasteiger partial charge in [0.25, 0.3) is 0 Å². The second-order valence-electron chi connectivity index (χ2n) is 5.03. The average molecular weight is 343 g/mol. The van der Waals surface area contributed by atoms with E-state index in [9.17, 15) is 4.79 Å². The fraction of sp³-hybridized carbons (Fsp3) is 0.211. The maximum atomic E-state index is 12.5. The lowest BCUT2D eigenvalue weighted by atomic mass is 10.1. The summed E-state index contributed by atoms with van der Waals surface area (Å²) < 4.78 is 10.5. The zero-order valence-electron chi connectivity index (χ0n) is 13.9. The summed E-state index contributed by atoms with van der Waals surface area (Å²) in [6, 6.07) is 9.48. The molecule has 0 bridgehead atoms. The molecule has 126 valence electrons. The highest BCUT2D eigenvalue weighted by molar-refractivity contribution is 7.09. The van der Waals surface area contributed by atoms with Gasteiger partial charge in [-0.05, 0) is 29.7 Å². The van der Waals surface area contributed by atoms with E-state index in [1.165, 1.54) is 0 Å². The first kappa shape index (κ1) is 17.8. The normalized spacial score (nSPS) is 10.6. The van der Waals surface area contributed by atoms with Crippen molar-refractivity contribution in [3.63, 3.8) is 0 Å². The number of ether oxygens (including phenoxy) is 2. The van der Waals surface area contributed by atoms with E-state index in [0.717, 1.165) is 10.4 Å². The van der Waals surface area contributed by atoms with Crippen molar-refractivity contribution in [3.05, 3.63) is 64.9 Å². The van der Waals surface area contributed by atoms with Crippen LogP contribution < -0.4 is 9.47 Å². The lowest BCUT2D eigenvalue weighted by Gasteiger charge is -2.18. The van der Waals surface area contributed by atoms with Gasteiger partial charge in [-0.15, -0.1) is 17.9 Å². The minimum atomic E-state index is -0.0684. The molecule has 0 aliphatic heterocycles. The molecule has 1 amide bonds. The second kappa shape index (κ2) is 8.93. The number of hydrogen-bond donors (Lipinski definition) is 0. The first-order valence-corrected chi connectivity index (χ1v) is 8.38. The van der Waals surface area contributed by atoms with Crippen molar-refractivity contribution in [3.8, 4) is 11.5 Å². The van der Waals surface area contributed by atoms with Crippen LogP contribution in [0.2, 0.25) is 0 Å². The molecular formula is C19H21NO3S. The van der Waals surface area contributed by atoms with Crippen LogP contribution in [0.25, 0.3) is 6.08 Å². The largest absolute Gasteiger partial charge is 0.497 e. The topological polar surface area (TPSA) is 38.8 Å². The molecule has 0 saturated heterocycles. The minimum absolute atomic E-state index is 0.0684. The minimum Gasteiger partial charge on any atom is -0.497 e. The molecule has 0 saturated carbocycles. The van der Waals surface area contributed by atoms with E-state index in [1.54, 1.807) is 54.8 Å². The molecule has 2 aromatic rings. The van der Waals surface area contributed by atoms with Crippen LogP contribution in [-0.2, 0) is 11.3 Å². The molecule has 0 unspecified atom stereocenters. The molecule has 1 heterocycles. The predicted molar refractivity (Wildman–Crippen MR) is 98.5 cm³/mol. The summed E-state index contributed by atoms with van der Waals surface area (Å²) in [6.07, 6.45) is 5.04. The summed E-state index contributed by atoms with van der Waals surface area (Å²) in [4.78, 5) is 15.4. The highest BCUT2D eigenvalue weighted by Crippen LogP contribution is 2.25. The molecular weight excluding hydrogens is 322 g/mol. The van der Waals surface area contributed by atoms with Crippen LogP contribution in [0.15, 0.2) is 54.4 Å². The number of rotatable bonds is 8. The van der Waals surface area contributed by atoms with Gasteiger partial charge in [0.05, 0.1) is 20.8 Å². The van der Waals surface area contributed by atoms with Crippen LogP contribution in [0.3, 0.4) is 0 Å². The molecule has 0 radical (unpaired) electrons. The number of carbonyl (C=O) groups excluding carboxylic acids is 1. The van der Waals surface area contributed by atoms with E-state index in [-0.39, 0.29) is 5.91 Å². The van der Waals surface area contributed by atoms with Gasteiger partial charge in [-0.2, -0.15) is 0 Å². The van der Waals surface area contributed by atoms with E-state index in [2.05, 4.69) is 6.58 Å². The van der Waals surface area contributed by atoms with Gasteiger partial charge in [-0.1, -0.05) is 12.1 Å². The third-order valence-electron chi connectivity index (χ3n) is 3.43. The molecule has 0 aliphatic carbocycles. The quantitative estimate of drug-likeness (QED) is 0.537. The van der Waals surface area contributed by atoms with Gasteiger partial charge >= 0.3 is 0 Å². The zero-order valence-corrected chi connectivity index (χ0v) is 14.7. The van der Waals surface area contributed by atoms with Crippen molar-refractivity contribution in [1.29, 1.82) is 0 Å². The Kier molecular flexibility index (Phi) is 6.63. The summed E-state index contributed by atoms with van der Waals surface area (Å²) in [5.41, 5.74) is 0.821. The molecule has 5 heteroatoms. The number of nitrogens with zero attached hydrogens (tertiary/aromatic N) is 1. The molecule has 0 N–H and O–H groups in total. The van der Waals surface area contributed by atoms with E-state index < -0.39 is 0 Å². The monoisotopic (exact) mass is 343 g/mol. The third kappa shape index (κ3) is 4.73. The Morgan fingerprint density at radius 1 is 1.29 bits per heavy atom. The molecule has 1 aromatic heterocycles. The van der Waals surface area contributed by atoms with E-state index in [4.69, 9.17) is 9.47 Å². The Labute approximate surface area is 146 Å². The first-order chi connectivity index (χ1) is 11.7. The molecule has 0 atom stereocenters. The predicted octanol–water partition coefficient (Wildman–Crippen LogP) is 3.99. The van der Waals surface area contributed by atoms with Gasteiger partial charge in [0.2, 0.25) is 5.91 Å². The number of carbonyl (C=O) groups is 1. The summed E-state index contributed by atoms with van der Waals surface area (Å²) in [7, 11) is 3.19. The van der Waals surface area contributed by atoms with E-state index in [0.29, 0.717) is 24.6 Å². The average Bonchev–Trinajstić information content (AvgIpc) is 3.12. The molecule has 2 rings (SSSR count). The molecule has 0 fully saturated rings. The molecule has 0 spiro atoms. The van der Waals surface area contributed by atoms with Gasteiger partial charge in [0, 0.05) is 29.1 Å². The van der Waals surface area contributed by atoms with Crippen LogP contribution in [0.1, 0.15) is 10.4 Å². The smallest absolute Gasteiger partial charge is 0.247 e. The van der Waals surface area contributed by atoms with Crippen molar-refractivity contribution in [2.45, 2.75) is 6.54 Å². The Balaban J connectivity index is 2.13. The number of hydrogen-bond acceptors (Lipinski definition) is 4. The number of methoxy groups -OCH3 is 2. The summed E-state index contributed by atoms with van der Waals surface area (Å²) in [5, 5.41) is 2.00. The molecule has 4 nitrogen and oxygen atoms in total. The van der Waals surface area contributed by atoms with Crippen LogP contribution in [-0.4, -0.2) is 31.6 Å². The number of amides is 1. The fourth-order valence-electron chi connectivity index (χ4n) is 2.20. The maximum absolute atomic E-state index is 12.5. The molecule has 1 aromatic carbocycles. The molecule has 24 heavy (non-hydrogen) atoms. The van der Waals surface area contributed by atoms with Crippen molar-refractivity contribution in [2.75, 3.05) is 20.8 Å². The summed E-state index contributed by atoms with van der Waals surface area (Å²) >= 11 is 1.63. The SMILES string of the molecule is C=CCN(Cc1cccs1)C(=O)/C=C/c1ccc(OC)cc1OC. The zero-order chi connectivity index (χ0) is 17.4. The first-order valence-electron chi connectivity index (χ1n) is 7.50. The van der Waals surface area contributed by atoms with Crippen molar-refractivity contribution in [2.24, 2.45) is 0 Å². The van der Waals surface area contributed by atoms with Gasteiger partial charge < -0.3 is 14.4 Å². The van der Waals surface area contributed by atoms with Crippen LogP contribution in [0.5, 0.6) is 11.5 Å². The van der Waals surface area contributed by atoms with E-state index in [1.807, 2.05) is 29.6 Å². The summed E-state index contributed by atoms with van der Waals surface area (Å²) in [6.45, 7) is 4.81. The van der Waals surface area contributed by atoms with Crippen LogP contribution >= 0.6 is 11.3 Å². The standard InChI is InChI=1S/C19H21NO3S/c1-4-11-20(14-17-6-5-12-24-17)19(21)10-8-15-7-9-16(22-2)13-18(15)23-3/h4-10,12-13H,1,11,14H2,2-3H3/b10-8+. The Morgan fingerprint density at radius 2 is 2.12 bits per heavy atom. The maximum Gasteiger partial charge on any atom is 0.247 e.